The molecule has 0 aliphatic carbocycles. The Hall–Kier alpha value is -2.06. The molecule has 0 spiro atoms. The van der Waals surface area contributed by atoms with E-state index in [2.05, 4.69) is 9.72 Å². The van der Waals surface area contributed by atoms with Crippen LogP contribution in [-0.4, -0.2) is 22.4 Å². The summed E-state index contributed by atoms with van der Waals surface area (Å²) in [6, 6.07) is 0.992. The molecule has 1 heterocycles. The molecule has 1 aromatic rings. The topological polar surface area (TPSA) is 85.4 Å². The predicted octanol–water partition coefficient (Wildman–Crippen LogP) is 1.66. The lowest BCUT2D eigenvalue weighted by Gasteiger charge is -2.13. The molecule has 0 atom stereocenters. The summed E-state index contributed by atoms with van der Waals surface area (Å²) in [7, 11) is 0. The number of halogens is 4. The first-order chi connectivity index (χ1) is 8.23. The number of carbonyl (C=O) groups is 1. The zero-order valence-corrected chi connectivity index (χ0v) is 8.79. The molecule has 9 heteroatoms. The Morgan fingerprint density at radius 1 is 1.50 bits per heavy atom. The monoisotopic (exact) mass is 268 g/mol. The van der Waals surface area contributed by atoms with Crippen molar-refractivity contribution in [3.8, 4) is 5.88 Å². The van der Waals surface area contributed by atoms with Crippen molar-refractivity contribution in [3.63, 3.8) is 0 Å². The quantitative estimate of drug-likeness (QED) is 0.811. The Kier molecular flexibility index (Phi) is 3.94. The van der Waals surface area contributed by atoms with Crippen molar-refractivity contribution in [1.29, 1.82) is 0 Å². The Balaban J connectivity index is 3.24. The highest BCUT2D eigenvalue weighted by molar-refractivity contribution is 5.71. The molecule has 0 aliphatic rings. The SMILES string of the molecule is Nc1cc(CC(=O)O)c(CF)c(OC(F)(F)F)n1. The fourth-order valence-electron chi connectivity index (χ4n) is 1.28. The molecule has 1 rings (SSSR count). The zero-order valence-electron chi connectivity index (χ0n) is 8.79. The Bertz CT molecular complexity index is 462. The predicted molar refractivity (Wildman–Crippen MR) is 51.5 cm³/mol. The van der Waals surface area contributed by atoms with E-state index in [4.69, 9.17) is 10.8 Å². The average Bonchev–Trinajstić information content (AvgIpc) is 2.13. The van der Waals surface area contributed by atoms with E-state index in [1.165, 1.54) is 0 Å². The summed E-state index contributed by atoms with van der Waals surface area (Å²) in [6.45, 7) is -1.35. The summed E-state index contributed by atoms with van der Waals surface area (Å²) in [5.74, 6) is -2.79. The largest absolute Gasteiger partial charge is 0.574 e. The van der Waals surface area contributed by atoms with Gasteiger partial charge in [-0.15, -0.1) is 13.2 Å². The van der Waals surface area contributed by atoms with Crippen LogP contribution in [0.15, 0.2) is 6.07 Å². The third-order valence-electron chi connectivity index (χ3n) is 1.89. The number of nitrogen functional groups attached to an aromatic ring is 1. The van der Waals surface area contributed by atoms with Crippen LogP contribution in [0.5, 0.6) is 5.88 Å². The molecule has 0 saturated carbocycles. The third kappa shape index (κ3) is 3.75. The normalized spacial score (nSPS) is 11.3. The number of anilines is 1. The standard InChI is InChI=1S/C9H8F4N2O3/c10-3-5-4(2-7(16)17)1-6(14)15-8(5)18-9(11,12)13/h1H,2-3H2,(H2,14,15)(H,16,17). The molecular formula is C9H8F4N2O3. The number of carboxylic acid groups (broad SMARTS) is 1. The van der Waals surface area contributed by atoms with Crippen molar-refractivity contribution < 1.29 is 32.2 Å². The fourth-order valence-corrected chi connectivity index (χ4v) is 1.28. The van der Waals surface area contributed by atoms with Crippen molar-refractivity contribution in [2.75, 3.05) is 5.73 Å². The average molecular weight is 268 g/mol. The van der Waals surface area contributed by atoms with E-state index in [1.54, 1.807) is 0 Å². The first-order valence-corrected chi connectivity index (χ1v) is 4.54. The summed E-state index contributed by atoms with van der Waals surface area (Å²) < 4.78 is 52.3. The maximum atomic E-state index is 12.7. The van der Waals surface area contributed by atoms with Gasteiger partial charge in [0, 0.05) is 5.56 Å². The number of nitrogens with zero attached hydrogens (tertiary/aromatic N) is 1. The zero-order chi connectivity index (χ0) is 13.9. The fraction of sp³-hybridized carbons (Fsp3) is 0.333. The molecule has 0 radical (unpaired) electrons. The van der Waals surface area contributed by atoms with Gasteiger partial charge in [-0.25, -0.2) is 4.39 Å². The van der Waals surface area contributed by atoms with Gasteiger partial charge in [-0.1, -0.05) is 0 Å². The van der Waals surface area contributed by atoms with Crippen molar-refractivity contribution in [2.45, 2.75) is 19.5 Å². The van der Waals surface area contributed by atoms with E-state index in [1.807, 2.05) is 0 Å². The number of carboxylic acids is 1. The van der Waals surface area contributed by atoms with Crippen LogP contribution < -0.4 is 10.5 Å². The van der Waals surface area contributed by atoms with Gasteiger partial charge in [-0.3, -0.25) is 4.79 Å². The number of ether oxygens (including phenoxy) is 1. The number of pyridine rings is 1. The minimum absolute atomic E-state index is 0.211. The van der Waals surface area contributed by atoms with E-state index in [9.17, 15) is 22.4 Å². The van der Waals surface area contributed by atoms with Gasteiger partial charge >= 0.3 is 12.3 Å². The summed E-state index contributed by atoms with van der Waals surface area (Å²) in [5.41, 5.74) is 4.41. The van der Waals surface area contributed by atoms with Crippen molar-refractivity contribution >= 4 is 11.8 Å². The van der Waals surface area contributed by atoms with Crippen molar-refractivity contribution in [3.05, 3.63) is 17.2 Å². The highest BCUT2D eigenvalue weighted by atomic mass is 19.4. The smallest absolute Gasteiger partial charge is 0.481 e. The summed E-state index contributed by atoms with van der Waals surface area (Å²) in [6.07, 6.45) is -5.74. The third-order valence-corrected chi connectivity index (χ3v) is 1.89. The van der Waals surface area contributed by atoms with E-state index in [0.717, 1.165) is 6.07 Å². The summed E-state index contributed by atoms with van der Waals surface area (Å²) in [5, 5.41) is 8.55. The lowest BCUT2D eigenvalue weighted by atomic mass is 10.1. The summed E-state index contributed by atoms with van der Waals surface area (Å²) in [4.78, 5) is 13.7. The Morgan fingerprint density at radius 3 is 2.56 bits per heavy atom. The molecular weight excluding hydrogens is 260 g/mol. The van der Waals surface area contributed by atoms with Gasteiger partial charge in [-0.2, -0.15) is 4.98 Å². The lowest BCUT2D eigenvalue weighted by Crippen LogP contribution is -2.20. The van der Waals surface area contributed by atoms with Gasteiger partial charge < -0.3 is 15.6 Å². The first-order valence-electron chi connectivity index (χ1n) is 4.54. The maximum absolute atomic E-state index is 12.7. The van der Waals surface area contributed by atoms with E-state index < -0.39 is 36.9 Å². The van der Waals surface area contributed by atoms with Gasteiger partial charge in [0.1, 0.15) is 12.5 Å². The van der Waals surface area contributed by atoms with Crippen LogP contribution in [0, 0.1) is 0 Å². The van der Waals surface area contributed by atoms with Gasteiger partial charge in [0.15, 0.2) is 0 Å². The molecule has 3 N–H and O–H groups in total. The van der Waals surface area contributed by atoms with Crippen LogP contribution in [0.3, 0.4) is 0 Å². The molecule has 0 fully saturated rings. The van der Waals surface area contributed by atoms with E-state index in [-0.39, 0.29) is 11.4 Å². The lowest BCUT2D eigenvalue weighted by molar-refractivity contribution is -0.276. The number of nitrogens with two attached hydrogens (primary N) is 1. The first kappa shape index (κ1) is 14.0. The number of rotatable bonds is 4. The Labute approximate surface area is 98.2 Å². The molecule has 18 heavy (non-hydrogen) atoms. The van der Waals surface area contributed by atoms with Crippen LogP contribution in [-0.2, 0) is 17.9 Å². The van der Waals surface area contributed by atoms with Crippen molar-refractivity contribution in [1.82, 2.24) is 4.98 Å². The number of aromatic nitrogens is 1. The van der Waals surface area contributed by atoms with Crippen LogP contribution >= 0.6 is 0 Å². The van der Waals surface area contributed by atoms with E-state index in [0.29, 0.717) is 0 Å². The molecule has 0 aliphatic heterocycles. The van der Waals surface area contributed by atoms with Crippen LogP contribution in [0.25, 0.3) is 0 Å². The highest BCUT2D eigenvalue weighted by Crippen LogP contribution is 2.29. The molecule has 0 saturated heterocycles. The van der Waals surface area contributed by atoms with Crippen LogP contribution in [0.2, 0.25) is 0 Å². The molecule has 5 nitrogen and oxygen atoms in total. The second kappa shape index (κ2) is 5.07. The Morgan fingerprint density at radius 2 is 2.11 bits per heavy atom. The van der Waals surface area contributed by atoms with E-state index >= 15 is 0 Å². The number of aliphatic carboxylic acids is 1. The van der Waals surface area contributed by atoms with Gasteiger partial charge in [0.25, 0.3) is 0 Å². The van der Waals surface area contributed by atoms with Crippen LogP contribution in [0.1, 0.15) is 11.1 Å². The maximum Gasteiger partial charge on any atom is 0.574 e. The van der Waals surface area contributed by atoms with Gasteiger partial charge in [-0.05, 0) is 11.6 Å². The van der Waals surface area contributed by atoms with Crippen molar-refractivity contribution in [2.24, 2.45) is 0 Å². The number of hydrogen-bond acceptors (Lipinski definition) is 4. The number of alkyl halides is 4. The minimum Gasteiger partial charge on any atom is -0.481 e. The van der Waals surface area contributed by atoms with Crippen LogP contribution in [0.4, 0.5) is 23.4 Å². The molecule has 0 unspecified atom stereocenters. The van der Waals surface area contributed by atoms with Gasteiger partial charge in [0.2, 0.25) is 5.88 Å². The highest BCUT2D eigenvalue weighted by Gasteiger charge is 2.33. The molecule has 0 aromatic carbocycles. The second-order valence-electron chi connectivity index (χ2n) is 3.24. The number of hydrogen-bond donors (Lipinski definition) is 2. The molecule has 0 bridgehead atoms. The molecule has 0 amide bonds. The van der Waals surface area contributed by atoms with Gasteiger partial charge in [0.05, 0.1) is 6.42 Å². The molecule has 100 valence electrons. The summed E-state index contributed by atoms with van der Waals surface area (Å²) >= 11 is 0. The minimum atomic E-state index is -5.06. The second-order valence-corrected chi connectivity index (χ2v) is 3.24. The molecule has 1 aromatic heterocycles.